The van der Waals surface area contributed by atoms with Gasteiger partial charge in [-0.1, -0.05) is 19.1 Å². The first-order valence-electron chi connectivity index (χ1n) is 10.9. The molecular formula is C23H27N6O3+. The average molecular weight is 436 g/mol. The van der Waals surface area contributed by atoms with E-state index in [0.29, 0.717) is 17.8 Å². The van der Waals surface area contributed by atoms with Gasteiger partial charge < -0.3 is 9.47 Å². The molecule has 1 unspecified atom stereocenters. The van der Waals surface area contributed by atoms with Crippen molar-refractivity contribution in [3.05, 3.63) is 64.5 Å². The number of methoxy groups -OCH3 is 1. The van der Waals surface area contributed by atoms with Crippen LogP contribution < -0.4 is 15.4 Å². The fourth-order valence-corrected chi connectivity index (χ4v) is 4.27. The molecule has 1 aromatic carbocycles. The van der Waals surface area contributed by atoms with Crippen LogP contribution in [0.1, 0.15) is 24.5 Å². The first-order valence-corrected chi connectivity index (χ1v) is 10.9. The lowest BCUT2D eigenvalue weighted by molar-refractivity contribution is -0.345. The summed E-state index contributed by atoms with van der Waals surface area (Å²) in [5, 5.41) is 5.09. The molecule has 0 radical (unpaired) electrons. The number of aromatic nitrogens is 5. The molecule has 0 amide bonds. The molecule has 4 aromatic rings. The van der Waals surface area contributed by atoms with Crippen molar-refractivity contribution >= 4 is 16.7 Å². The molecule has 9 heteroatoms. The van der Waals surface area contributed by atoms with Gasteiger partial charge in [0.1, 0.15) is 5.75 Å². The van der Waals surface area contributed by atoms with Crippen LogP contribution in [-0.4, -0.2) is 57.0 Å². The maximum absolute atomic E-state index is 13.2. The molecular weight excluding hydrogens is 408 g/mol. The SMILES string of the molecule is CCC1CN(Cc2cnc3c(c2)c2[nH+]cnn2c(=O)n3Cc2ccc(OC)cc2)CCO1. The summed E-state index contributed by atoms with van der Waals surface area (Å²) in [5.41, 5.74) is 3.13. The fraction of sp³-hybridized carbons (Fsp3) is 0.391. The largest absolute Gasteiger partial charge is 0.497 e. The van der Waals surface area contributed by atoms with Gasteiger partial charge in [-0.15, -0.1) is 0 Å². The second-order valence-corrected chi connectivity index (χ2v) is 8.12. The number of pyridine rings is 1. The van der Waals surface area contributed by atoms with E-state index in [1.807, 2.05) is 30.5 Å². The smallest absolute Gasteiger partial charge is 0.425 e. The van der Waals surface area contributed by atoms with Crippen LogP contribution in [-0.2, 0) is 17.8 Å². The third-order valence-electron chi connectivity index (χ3n) is 6.02. The van der Waals surface area contributed by atoms with Crippen molar-refractivity contribution in [2.24, 2.45) is 0 Å². The van der Waals surface area contributed by atoms with Gasteiger partial charge in [0, 0.05) is 30.9 Å². The number of fused-ring (bicyclic) bond motifs is 3. The number of nitrogens with zero attached hydrogens (tertiary/aromatic N) is 5. The van der Waals surface area contributed by atoms with Crippen LogP contribution in [0.4, 0.5) is 0 Å². The number of rotatable bonds is 6. The van der Waals surface area contributed by atoms with Gasteiger partial charge in [-0.05, 0) is 40.3 Å². The molecule has 32 heavy (non-hydrogen) atoms. The topological polar surface area (TPSA) is 88.0 Å². The minimum absolute atomic E-state index is 0.233. The summed E-state index contributed by atoms with van der Waals surface area (Å²) in [7, 11) is 1.63. The van der Waals surface area contributed by atoms with E-state index in [-0.39, 0.29) is 11.8 Å². The molecule has 1 atom stereocenters. The highest BCUT2D eigenvalue weighted by molar-refractivity contribution is 5.87. The Morgan fingerprint density at radius 1 is 1.22 bits per heavy atom. The van der Waals surface area contributed by atoms with Gasteiger partial charge in [0.25, 0.3) is 12.0 Å². The lowest BCUT2D eigenvalue weighted by atomic mass is 10.1. The van der Waals surface area contributed by atoms with E-state index in [9.17, 15) is 4.79 Å². The minimum Gasteiger partial charge on any atom is -0.497 e. The summed E-state index contributed by atoms with van der Waals surface area (Å²) in [4.78, 5) is 23.4. The van der Waals surface area contributed by atoms with Crippen molar-refractivity contribution in [1.82, 2.24) is 24.1 Å². The zero-order valence-electron chi connectivity index (χ0n) is 18.3. The zero-order chi connectivity index (χ0) is 22.1. The van der Waals surface area contributed by atoms with Crippen LogP contribution >= 0.6 is 0 Å². The van der Waals surface area contributed by atoms with Gasteiger partial charge >= 0.3 is 5.69 Å². The van der Waals surface area contributed by atoms with Crippen LogP contribution in [0.15, 0.2) is 47.7 Å². The van der Waals surface area contributed by atoms with Crippen LogP contribution in [0.2, 0.25) is 0 Å². The van der Waals surface area contributed by atoms with E-state index in [4.69, 9.17) is 14.5 Å². The molecule has 1 saturated heterocycles. The lowest BCUT2D eigenvalue weighted by Gasteiger charge is -2.32. The highest BCUT2D eigenvalue weighted by atomic mass is 16.5. The number of hydrogen-bond donors (Lipinski definition) is 0. The average Bonchev–Trinajstić information content (AvgIpc) is 3.33. The number of nitrogens with one attached hydrogen (secondary N) is 1. The monoisotopic (exact) mass is 435 g/mol. The van der Waals surface area contributed by atoms with E-state index in [1.165, 1.54) is 10.8 Å². The number of H-pyrrole nitrogens is 1. The molecule has 0 bridgehead atoms. The Bertz CT molecular complexity index is 1300. The summed E-state index contributed by atoms with van der Waals surface area (Å²) in [6, 6.07) is 9.79. The van der Waals surface area contributed by atoms with Crippen molar-refractivity contribution in [3.63, 3.8) is 0 Å². The summed E-state index contributed by atoms with van der Waals surface area (Å²) < 4.78 is 14.1. The van der Waals surface area contributed by atoms with E-state index in [1.54, 1.807) is 11.7 Å². The number of hydrogen-bond acceptors (Lipinski definition) is 6. The van der Waals surface area contributed by atoms with E-state index < -0.39 is 0 Å². The van der Waals surface area contributed by atoms with Crippen molar-refractivity contribution in [1.29, 1.82) is 0 Å². The Hall–Kier alpha value is -3.30. The number of ether oxygens (including phenoxy) is 2. The van der Waals surface area contributed by atoms with E-state index >= 15 is 0 Å². The van der Waals surface area contributed by atoms with Crippen molar-refractivity contribution in [3.8, 4) is 5.75 Å². The second kappa shape index (κ2) is 8.68. The minimum atomic E-state index is -0.233. The molecule has 0 aliphatic carbocycles. The maximum atomic E-state index is 13.2. The molecule has 1 aliphatic rings. The molecule has 0 spiro atoms. The normalized spacial score (nSPS) is 17.2. The molecule has 0 saturated carbocycles. The van der Waals surface area contributed by atoms with Gasteiger partial charge in [0.15, 0.2) is 5.65 Å². The van der Waals surface area contributed by atoms with Crippen LogP contribution in [0.3, 0.4) is 0 Å². The molecule has 9 nitrogen and oxygen atoms in total. The van der Waals surface area contributed by atoms with E-state index in [2.05, 4.69) is 28.0 Å². The fourth-order valence-electron chi connectivity index (χ4n) is 4.27. The van der Waals surface area contributed by atoms with Gasteiger partial charge in [-0.3, -0.25) is 9.47 Å². The summed E-state index contributed by atoms with van der Waals surface area (Å²) >= 11 is 0. The molecule has 1 fully saturated rings. The van der Waals surface area contributed by atoms with Gasteiger partial charge in [-0.25, -0.2) is 14.8 Å². The third-order valence-corrected chi connectivity index (χ3v) is 6.02. The number of benzene rings is 1. The molecule has 3 aromatic heterocycles. The summed E-state index contributed by atoms with van der Waals surface area (Å²) in [6.07, 6.45) is 4.70. The molecule has 1 N–H and O–H groups in total. The van der Waals surface area contributed by atoms with Gasteiger partial charge in [0.05, 0.1) is 31.8 Å². The van der Waals surface area contributed by atoms with Crippen LogP contribution in [0.5, 0.6) is 5.75 Å². The highest BCUT2D eigenvalue weighted by Gasteiger charge is 2.22. The lowest BCUT2D eigenvalue weighted by Crippen LogP contribution is -2.41. The van der Waals surface area contributed by atoms with Gasteiger partial charge in [-0.2, -0.15) is 0 Å². The van der Waals surface area contributed by atoms with Gasteiger partial charge in [0.2, 0.25) is 0 Å². The third kappa shape index (κ3) is 3.85. The Morgan fingerprint density at radius 3 is 2.84 bits per heavy atom. The Balaban J connectivity index is 1.53. The van der Waals surface area contributed by atoms with E-state index in [0.717, 1.165) is 54.9 Å². The number of morpholine rings is 1. The van der Waals surface area contributed by atoms with Crippen molar-refractivity contribution < 1.29 is 14.5 Å². The molecule has 5 rings (SSSR count). The van der Waals surface area contributed by atoms with Crippen molar-refractivity contribution in [2.75, 3.05) is 26.8 Å². The summed E-state index contributed by atoms with van der Waals surface area (Å²) in [5.74, 6) is 0.777. The zero-order valence-corrected chi connectivity index (χ0v) is 18.3. The highest BCUT2D eigenvalue weighted by Crippen LogP contribution is 2.19. The molecule has 4 heterocycles. The van der Waals surface area contributed by atoms with Crippen LogP contribution in [0, 0.1) is 0 Å². The first kappa shape index (κ1) is 20.6. The Kier molecular flexibility index (Phi) is 5.59. The predicted octanol–water partition coefficient (Wildman–Crippen LogP) is 1.53. The Labute approximate surface area is 185 Å². The molecule has 166 valence electrons. The maximum Gasteiger partial charge on any atom is 0.425 e. The van der Waals surface area contributed by atoms with Crippen molar-refractivity contribution in [2.45, 2.75) is 32.5 Å². The Morgan fingerprint density at radius 2 is 2.06 bits per heavy atom. The predicted molar refractivity (Wildman–Crippen MR) is 119 cm³/mol. The first-order chi connectivity index (χ1) is 15.7. The van der Waals surface area contributed by atoms with Crippen LogP contribution in [0.25, 0.3) is 16.7 Å². The quantitative estimate of drug-likeness (QED) is 0.456. The number of aromatic amines is 1. The standard InChI is InChI=1S/C23H26N6O3/c1-3-18-14-27(8-9-32-18)12-17-10-20-21(24-11-17)28(23(30)29-22(20)25-15-26-29)13-16-4-6-19(31-2)7-5-16/h4-7,10-11,15,18H,3,8-9,12-14H2,1-2H3/p+1. The second-order valence-electron chi connectivity index (χ2n) is 8.12. The molecule has 1 aliphatic heterocycles. The summed E-state index contributed by atoms with van der Waals surface area (Å²) in [6.45, 7) is 5.91.